The van der Waals surface area contributed by atoms with Crippen molar-refractivity contribution in [1.29, 1.82) is 0 Å². The van der Waals surface area contributed by atoms with Crippen molar-refractivity contribution < 1.29 is 14.6 Å². The fraction of sp³-hybridized carbons (Fsp3) is 0.200. The van der Waals surface area contributed by atoms with Crippen molar-refractivity contribution in [2.75, 3.05) is 0 Å². The van der Waals surface area contributed by atoms with E-state index in [0.717, 1.165) is 5.69 Å². The Morgan fingerprint density at radius 1 is 1.41 bits per heavy atom. The van der Waals surface area contributed by atoms with Gasteiger partial charge in [0.1, 0.15) is 0 Å². The lowest BCUT2D eigenvalue weighted by Crippen LogP contribution is -2.03. The van der Waals surface area contributed by atoms with Gasteiger partial charge >= 0.3 is 5.97 Å². The van der Waals surface area contributed by atoms with Crippen LogP contribution >= 0.6 is 0 Å². The Hall–Kier alpha value is -2.44. The van der Waals surface area contributed by atoms with E-state index in [2.05, 4.69) is 15.3 Å². The van der Waals surface area contributed by atoms with Crippen LogP contribution in [0, 0.1) is 6.92 Å². The van der Waals surface area contributed by atoms with Gasteiger partial charge in [0.15, 0.2) is 5.69 Å². The number of carboxylic acids is 1. The maximum absolute atomic E-state index is 10.6. The summed E-state index contributed by atoms with van der Waals surface area (Å²) in [5.41, 5.74) is 0.691. The van der Waals surface area contributed by atoms with Crippen LogP contribution in [0.1, 0.15) is 16.2 Å². The standard InChI is InChI=1S/C10H10N4O3/c1-6-5-9(14(2)13-6)17-8-4-3-7(10(15)16)11-12-8/h3-5H,1-2H3,(H,15,16). The molecule has 0 aliphatic rings. The fourth-order valence-corrected chi connectivity index (χ4v) is 1.28. The summed E-state index contributed by atoms with van der Waals surface area (Å²) in [6.45, 7) is 1.84. The van der Waals surface area contributed by atoms with Crippen molar-refractivity contribution in [2.24, 2.45) is 7.05 Å². The van der Waals surface area contributed by atoms with Crippen molar-refractivity contribution in [3.05, 3.63) is 29.6 Å². The van der Waals surface area contributed by atoms with Gasteiger partial charge in [-0.1, -0.05) is 0 Å². The highest BCUT2D eigenvalue weighted by atomic mass is 16.5. The Bertz CT molecular complexity index is 547. The molecule has 2 heterocycles. The monoisotopic (exact) mass is 234 g/mol. The van der Waals surface area contributed by atoms with E-state index in [4.69, 9.17) is 9.84 Å². The fourth-order valence-electron chi connectivity index (χ4n) is 1.28. The molecule has 0 saturated heterocycles. The third-order valence-electron chi connectivity index (χ3n) is 2.03. The predicted octanol–water partition coefficient (Wildman–Crippen LogP) is 1.01. The Balaban J connectivity index is 2.19. The van der Waals surface area contributed by atoms with Gasteiger partial charge < -0.3 is 9.84 Å². The van der Waals surface area contributed by atoms with E-state index in [1.54, 1.807) is 17.8 Å². The number of aryl methyl sites for hydroxylation is 2. The SMILES string of the molecule is Cc1cc(Oc2ccc(C(=O)O)nn2)n(C)n1. The van der Waals surface area contributed by atoms with E-state index < -0.39 is 5.97 Å². The largest absolute Gasteiger partial charge is 0.476 e. The van der Waals surface area contributed by atoms with E-state index >= 15 is 0 Å². The molecule has 2 aromatic rings. The van der Waals surface area contributed by atoms with Gasteiger partial charge in [-0.2, -0.15) is 5.10 Å². The lowest BCUT2D eigenvalue weighted by molar-refractivity contribution is 0.0689. The number of carboxylic acid groups (broad SMARTS) is 1. The molecule has 7 heteroatoms. The number of aromatic carboxylic acids is 1. The van der Waals surface area contributed by atoms with E-state index in [1.807, 2.05) is 6.92 Å². The van der Waals surface area contributed by atoms with E-state index in [1.165, 1.54) is 12.1 Å². The van der Waals surface area contributed by atoms with Crippen LogP contribution in [0.2, 0.25) is 0 Å². The predicted molar refractivity (Wildman–Crippen MR) is 57.0 cm³/mol. The summed E-state index contributed by atoms with van der Waals surface area (Å²) >= 11 is 0. The van der Waals surface area contributed by atoms with Crippen LogP contribution in [0.25, 0.3) is 0 Å². The van der Waals surface area contributed by atoms with Crippen LogP contribution in [0.5, 0.6) is 11.8 Å². The van der Waals surface area contributed by atoms with Crippen molar-refractivity contribution in [3.63, 3.8) is 0 Å². The molecule has 0 atom stereocenters. The van der Waals surface area contributed by atoms with E-state index in [0.29, 0.717) is 5.88 Å². The van der Waals surface area contributed by atoms with E-state index in [9.17, 15) is 4.79 Å². The minimum absolute atomic E-state index is 0.126. The highest BCUT2D eigenvalue weighted by molar-refractivity contribution is 5.84. The molecule has 1 N–H and O–H groups in total. The third-order valence-corrected chi connectivity index (χ3v) is 2.03. The molecule has 0 fully saturated rings. The molecule has 0 aliphatic heterocycles. The van der Waals surface area contributed by atoms with Crippen LogP contribution in [0.4, 0.5) is 0 Å². The van der Waals surface area contributed by atoms with Crippen LogP contribution in [-0.4, -0.2) is 31.1 Å². The highest BCUT2D eigenvalue weighted by Gasteiger charge is 2.08. The zero-order chi connectivity index (χ0) is 12.4. The first kappa shape index (κ1) is 11.1. The van der Waals surface area contributed by atoms with Crippen molar-refractivity contribution in [1.82, 2.24) is 20.0 Å². The summed E-state index contributed by atoms with van der Waals surface area (Å²) in [4.78, 5) is 10.6. The molecule has 0 radical (unpaired) electrons. The van der Waals surface area contributed by atoms with Crippen LogP contribution in [-0.2, 0) is 7.05 Å². The lowest BCUT2D eigenvalue weighted by atomic mass is 10.4. The second-order valence-electron chi connectivity index (χ2n) is 3.41. The molecular formula is C10H10N4O3. The molecule has 0 saturated carbocycles. The molecule has 0 amide bonds. The Morgan fingerprint density at radius 3 is 2.65 bits per heavy atom. The van der Waals surface area contributed by atoms with Gasteiger partial charge in [0.2, 0.25) is 11.8 Å². The summed E-state index contributed by atoms with van der Waals surface area (Å²) in [5, 5.41) is 19.9. The molecule has 0 aliphatic carbocycles. The molecule has 0 aromatic carbocycles. The summed E-state index contributed by atoms with van der Waals surface area (Å²) in [7, 11) is 1.74. The summed E-state index contributed by atoms with van der Waals surface area (Å²) in [5.74, 6) is -0.390. The topological polar surface area (TPSA) is 90.1 Å². The molecular weight excluding hydrogens is 224 g/mol. The number of aromatic nitrogens is 4. The second kappa shape index (κ2) is 4.20. The number of hydrogen-bond acceptors (Lipinski definition) is 5. The number of carbonyl (C=O) groups is 1. The van der Waals surface area contributed by atoms with Gasteiger partial charge in [0, 0.05) is 19.2 Å². The number of hydrogen-bond donors (Lipinski definition) is 1. The molecule has 2 aromatic heterocycles. The highest BCUT2D eigenvalue weighted by Crippen LogP contribution is 2.18. The van der Waals surface area contributed by atoms with E-state index in [-0.39, 0.29) is 11.6 Å². The van der Waals surface area contributed by atoms with Gasteiger partial charge in [-0.15, -0.1) is 10.2 Å². The average Bonchev–Trinajstić information content (AvgIpc) is 2.58. The second-order valence-corrected chi connectivity index (χ2v) is 3.41. The lowest BCUT2D eigenvalue weighted by Gasteiger charge is -2.03. The van der Waals surface area contributed by atoms with Crippen LogP contribution in [0.3, 0.4) is 0 Å². The van der Waals surface area contributed by atoms with Crippen molar-refractivity contribution >= 4 is 5.97 Å². The maximum atomic E-state index is 10.6. The summed E-state index contributed by atoms with van der Waals surface area (Å²) in [6, 6.07) is 4.51. The zero-order valence-corrected chi connectivity index (χ0v) is 9.28. The molecule has 17 heavy (non-hydrogen) atoms. The molecule has 88 valence electrons. The smallest absolute Gasteiger partial charge is 0.356 e. The minimum atomic E-state index is -1.12. The van der Waals surface area contributed by atoms with Gasteiger partial charge in [-0.05, 0) is 13.0 Å². The molecule has 0 bridgehead atoms. The average molecular weight is 234 g/mol. The molecule has 0 unspecified atom stereocenters. The number of rotatable bonds is 3. The van der Waals surface area contributed by atoms with Crippen LogP contribution in [0.15, 0.2) is 18.2 Å². The number of ether oxygens (including phenoxy) is 1. The Kier molecular flexibility index (Phi) is 2.73. The zero-order valence-electron chi connectivity index (χ0n) is 9.28. The molecule has 7 nitrogen and oxygen atoms in total. The first-order valence-electron chi connectivity index (χ1n) is 4.82. The van der Waals surface area contributed by atoms with Crippen LogP contribution < -0.4 is 4.74 Å². The van der Waals surface area contributed by atoms with Gasteiger partial charge in [-0.25, -0.2) is 9.48 Å². The third kappa shape index (κ3) is 2.39. The van der Waals surface area contributed by atoms with Gasteiger partial charge in [0.25, 0.3) is 0 Å². The minimum Gasteiger partial charge on any atom is -0.476 e. The van der Waals surface area contributed by atoms with Crippen molar-refractivity contribution in [2.45, 2.75) is 6.92 Å². The summed E-state index contributed by atoms with van der Waals surface area (Å²) < 4.78 is 6.96. The quantitative estimate of drug-likeness (QED) is 0.852. The Morgan fingerprint density at radius 2 is 2.18 bits per heavy atom. The maximum Gasteiger partial charge on any atom is 0.356 e. The summed E-state index contributed by atoms with van der Waals surface area (Å²) in [6.07, 6.45) is 0. The first-order chi connectivity index (χ1) is 8.06. The van der Waals surface area contributed by atoms with Gasteiger partial charge in [0.05, 0.1) is 5.69 Å². The number of nitrogens with zero attached hydrogens (tertiary/aromatic N) is 4. The molecule has 0 spiro atoms. The van der Waals surface area contributed by atoms with Crippen molar-refractivity contribution in [3.8, 4) is 11.8 Å². The molecule has 2 rings (SSSR count). The normalized spacial score (nSPS) is 10.2. The van der Waals surface area contributed by atoms with Gasteiger partial charge in [-0.3, -0.25) is 0 Å². The Labute approximate surface area is 96.7 Å². The first-order valence-corrected chi connectivity index (χ1v) is 4.82.